The third-order valence-corrected chi connectivity index (χ3v) is 6.84. The number of piperidine rings is 1. The quantitative estimate of drug-likeness (QED) is 0.850. The molecule has 0 aromatic heterocycles. The molecule has 4 heteroatoms. The van der Waals surface area contributed by atoms with Gasteiger partial charge in [0.2, 0.25) is 5.91 Å². The Morgan fingerprint density at radius 2 is 1.77 bits per heavy atom. The maximum atomic E-state index is 13.0. The number of carbonyl (C=O) groups excluding carboxylic acids is 1. The van der Waals surface area contributed by atoms with Gasteiger partial charge < -0.3 is 15.5 Å². The predicted octanol–water partition coefficient (Wildman–Crippen LogP) is 2.08. The highest BCUT2D eigenvalue weighted by Gasteiger charge is 2.42. The van der Waals surface area contributed by atoms with Crippen LogP contribution < -0.4 is 5.73 Å². The molecule has 2 aliphatic carbocycles. The molecule has 4 nitrogen and oxygen atoms in total. The van der Waals surface area contributed by atoms with Gasteiger partial charge in [-0.15, -0.1) is 0 Å². The molecule has 22 heavy (non-hydrogen) atoms. The number of fused-ring (bicyclic) bond motifs is 2. The summed E-state index contributed by atoms with van der Waals surface area (Å²) in [4.78, 5) is 17.5. The summed E-state index contributed by atoms with van der Waals surface area (Å²) in [6.45, 7) is 3.37. The van der Waals surface area contributed by atoms with Gasteiger partial charge in [-0.1, -0.05) is 6.42 Å². The van der Waals surface area contributed by atoms with E-state index in [0.29, 0.717) is 35.9 Å². The maximum absolute atomic E-state index is 13.0. The lowest BCUT2D eigenvalue weighted by molar-refractivity contribution is -0.140. The molecule has 2 saturated carbocycles. The van der Waals surface area contributed by atoms with Crippen LogP contribution in [0.4, 0.5) is 0 Å². The molecule has 3 aliphatic rings. The van der Waals surface area contributed by atoms with Crippen molar-refractivity contribution in [1.82, 2.24) is 9.80 Å². The average Bonchev–Trinajstić information content (AvgIpc) is 2.48. The normalized spacial score (nSPS) is 42.9. The van der Waals surface area contributed by atoms with E-state index >= 15 is 0 Å². The van der Waals surface area contributed by atoms with E-state index in [9.17, 15) is 4.79 Å². The van der Waals surface area contributed by atoms with E-state index in [2.05, 4.69) is 23.8 Å². The van der Waals surface area contributed by atoms with E-state index < -0.39 is 0 Å². The summed E-state index contributed by atoms with van der Waals surface area (Å²) in [5, 5.41) is 0. The van der Waals surface area contributed by atoms with Gasteiger partial charge in [-0.2, -0.15) is 0 Å². The van der Waals surface area contributed by atoms with E-state index in [1.807, 2.05) is 7.05 Å². The monoisotopic (exact) mass is 307 g/mol. The molecule has 0 aromatic rings. The lowest BCUT2D eigenvalue weighted by Gasteiger charge is -2.46. The number of hydrogen-bond acceptors (Lipinski definition) is 3. The lowest BCUT2D eigenvalue weighted by atomic mass is 9.65. The van der Waals surface area contributed by atoms with Crippen LogP contribution in [-0.4, -0.2) is 54.5 Å². The Kier molecular flexibility index (Phi) is 4.79. The van der Waals surface area contributed by atoms with Crippen LogP contribution in [0.1, 0.15) is 51.9 Å². The largest absolute Gasteiger partial charge is 0.342 e. The van der Waals surface area contributed by atoms with Gasteiger partial charge in [0.05, 0.1) is 0 Å². The summed E-state index contributed by atoms with van der Waals surface area (Å²) in [6, 6.07) is 1.36. The van der Waals surface area contributed by atoms with Crippen molar-refractivity contribution in [3.63, 3.8) is 0 Å². The first-order valence-electron chi connectivity index (χ1n) is 9.20. The second-order valence-corrected chi connectivity index (χ2v) is 8.15. The highest BCUT2D eigenvalue weighted by molar-refractivity contribution is 5.79. The van der Waals surface area contributed by atoms with E-state index in [-0.39, 0.29) is 5.92 Å². The number of amides is 1. The molecular formula is C18H33N3O. The van der Waals surface area contributed by atoms with E-state index in [4.69, 9.17) is 5.73 Å². The van der Waals surface area contributed by atoms with Crippen LogP contribution in [0.2, 0.25) is 0 Å². The molecule has 0 aromatic carbocycles. The summed E-state index contributed by atoms with van der Waals surface area (Å²) in [5.74, 6) is 1.80. The van der Waals surface area contributed by atoms with Crippen molar-refractivity contribution < 1.29 is 4.79 Å². The predicted molar refractivity (Wildman–Crippen MR) is 89.4 cm³/mol. The van der Waals surface area contributed by atoms with Crippen LogP contribution in [0.5, 0.6) is 0 Å². The third-order valence-electron chi connectivity index (χ3n) is 6.84. The van der Waals surface area contributed by atoms with Gasteiger partial charge >= 0.3 is 0 Å². The zero-order valence-corrected chi connectivity index (χ0v) is 14.5. The number of likely N-dealkylation sites (tertiary alicyclic amines) is 1. The van der Waals surface area contributed by atoms with Gasteiger partial charge in [0, 0.05) is 37.6 Å². The van der Waals surface area contributed by atoms with Gasteiger partial charge in [-0.05, 0) is 64.3 Å². The van der Waals surface area contributed by atoms with Gasteiger partial charge in [-0.25, -0.2) is 0 Å². The van der Waals surface area contributed by atoms with Gasteiger partial charge in [0.15, 0.2) is 0 Å². The van der Waals surface area contributed by atoms with Crippen molar-refractivity contribution in [2.45, 2.75) is 70.0 Å². The first-order valence-corrected chi connectivity index (χ1v) is 9.20. The minimum absolute atomic E-state index is 0.232. The SMILES string of the molecule is CC1CC(N(C)C(=O)C2CC3CCCC(C2)C3N)CCN1C. The Balaban J connectivity index is 1.61. The molecule has 3 rings (SSSR count). The van der Waals surface area contributed by atoms with Gasteiger partial charge in [0.1, 0.15) is 0 Å². The summed E-state index contributed by atoms with van der Waals surface area (Å²) < 4.78 is 0. The Morgan fingerprint density at radius 3 is 2.36 bits per heavy atom. The van der Waals surface area contributed by atoms with Crippen LogP contribution in [0, 0.1) is 17.8 Å². The van der Waals surface area contributed by atoms with E-state index in [0.717, 1.165) is 32.2 Å². The summed E-state index contributed by atoms with van der Waals surface area (Å²) in [5.41, 5.74) is 6.37. The number of hydrogen-bond donors (Lipinski definition) is 1. The third kappa shape index (κ3) is 3.05. The van der Waals surface area contributed by atoms with Crippen molar-refractivity contribution in [2.24, 2.45) is 23.5 Å². The van der Waals surface area contributed by atoms with Crippen LogP contribution in [0.25, 0.3) is 0 Å². The van der Waals surface area contributed by atoms with Crippen LogP contribution >= 0.6 is 0 Å². The molecule has 2 bridgehead atoms. The van der Waals surface area contributed by atoms with Crippen molar-refractivity contribution in [1.29, 1.82) is 0 Å². The fourth-order valence-corrected chi connectivity index (χ4v) is 5.08. The fraction of sp³-hybridized carbons (Fsp3) is 0.944. The average molecular weight is 307 g/mol. The number of carbonyl (C=O) groups is 1. The molecule has 1 heterocycles. The minimum atomic E-state index is 0.232. The molecule has 0 spiro atoms. The zero-order chi connectivity index (χ0) is 15.9. The second-order valence-electron chi connectivity index (χ2n) is 8.15. The number of nitrogens with zero attached hydrogens (tertiary/aromatic N) is 2. The van der Waals surface area contributed by atoms with E-state index in [1.165, 1.54) is 19.3 Å². The minimum Gasteiger partial charge on any atom is -0.342 e. The Bertz CT molecular complexity index is 399. The topological polar surface area (TPSA) is 49.6 Å². The highest BCUT2D eigenvalue weighted by atomic mass is 16.2. The summed E-state index contributed by atoms with van der Waals surface area (Å²) >= 11 is 0. The second kappa shape index (κ2) is 6.48. The fourth-order valence-electron chi connectivity index (χ4n) is 5.08. The summed E-state index contributed by atoms with van der Waals surface area (Å²) in [6.07, 6.45) is 8.06. The Morgan fingerprint density at radius 1 is 1.14 bits per heavy atom. The summed E-state index contributed by atoms with van der Waals surface area (Å²) in [7, 11) is 4.22. The molecule has 4 unspecified atom stereocenters. The first kappa shape index (κ1) is 16.3. The van der Waals surface area contributed by atoms with E-state index in [1.54, 1.807) is 0 Å². The molecule has 1 saturated heterocycles. The number of nitrogens with two attached hydrogens (primary N) is 1. The van der Waals surface area contributed by atoms with Crippen molar-refractivity contribution >= 4 is 5.91 Å². The smallest absolute Gasteiger partial charge is 0.225 e. The molecule has 3 fully saturated rings. The molecule has 0 radical (unpaired) electrons. The number of rotatable bonds is 2. The zero-order valence-electron chi connectivity index (χ0n) is 14.5. The van der Waals surface area contributed by atoms with Crippen LogP contribution in [-0.2, 0) is 4.79 Å². The van der Waals surface area contributed by atoms with Crippen molar-refractivity contribution in [2.75, 3.05) is 20.6 Å². The highest BCUT2D eigenvalue weighted by Crippen LogP contribution is 2.42. The maximum Gasteiger partial charge on any atom is 0.225 e. The molecule has 4 atom stereocenters. The first-order chi connectivity index (χ1) is 10.5. The molecule has 2 N–H and O–H groups in total. The van der Waals surface area contributed by atoms with Gasteiger partial charge in [-0.3, -0.25) is 4.79 Å². The standard InChI is InChI=1S/C18H33N3O/c1-12-9-16(7-8-20(12)2)21(3)18(22)15-10-13-5-4-6-14(11-15)17(13)19/h12-17H,4-11,19H2,1-3H3. The van der Waals surface area contributed by atoms with Gasteiger partial charge in [0.25, 0.3) is 0 Å². The van der Waals surface area contributed by atoms with Crippen molar-refractivity contribution in [3.05, 3.63) is 0 Å². The lowest BCUT2D eigenvalue weighted by Crippen LogP contribution is -2.52. The Hall–Kier alpha value is -0.610. The van der Waals surface area contributed by atoms with Crippen LogP contribution in [0.3, 0.4) is 0 Å². The molecule has 126 valence electrons. The molecular weight excluding hydrogens is 274 g/mol. The molecule has 1 amide bonds. The van der Waals surface area contributed by atoms with Crippen molar-refractivity contribution in [3.8, 4) is 0 Å². The molecule has 1 aliphatic heterocycles. The Labute approximate surface area is 135 Å². The van der Waals surface area contributed by atoms with Crippen LogP contribution in [0.15, 0.2) is 0 Å².